The number of nitro benzene ring substituents is 1. The van der Waals surface area contributed by atoms with E-state index in [-0.39, 0.29) is 34.2 Å². The first-order chi connectivity index (χ1) is 9.90. The molecule has 1 unspecified atom stereocenters. The molecule has 2 rings (SSSR count). The van der Waals surface area contributed by atoms with E-state index in [1.165, 1.54) is 18.2 Å². The summed E-state index contributed by atoms with van der Waals surface area (Å²) in [5.74, 6) is -0.109. The largest absolute Gasteiger partial charge is 0.393 e. The van der Waals surface area contributed by atoms with Gasteiger partial charge in [0.1, 0.15) is 0 Å². The number of piperidine rings is 1. The zero-order chi connectivity index (χ0) is 15.6. The first-order valence-electron chi connectivity index (χ1n) is 6.81. The molecule has 1 aromatic rings. The van der Waals surface area contributed by atoms with Gasteiger partial charge in [0.2, 0.25) is 0 Å². The van der Waals surface area contributed by atoms with Crippen molar-refractivity contribution in [2.24, 2.45) is 5.92 Å². The van der Waals surface area contributed by atoms with Gasteiger partial charge in [0.05, 0.1) is 21.6 Å². The molecule has 0 aliphatic carbocycles. The summed E-state index contributed by atoms with van der Waals surface area (Å²) >= 11 is 5.98. The van der Waals surface area contributed by atoms with Gasteiger partial charge in [-0.2, -0.15) is 0 Å². The molecule has 0 spiro atoms. The Morgan fingerprint density at radius 2 is 2.10 bits per heavy atom. The number of hydrogen-bond donors (Lipinski definition) is 1. The molecule has 1 atom stereocenters. The number of halogens is 1. The van der Waals surface area contributed by atoms with Crippen molar-refractivity contribution in [3.05, 3.63) is 38.9 Å². The number of aliphatic hydroxyl groups excluding tert-OH is 1. The highest BCUT2D eigenvalue weighted by Gasteiger charge is 2.27. The molecule has 6 nitrogen and oxygen atoms in total. The monoisotopic (exact) mass is 312 g/mol. The topological polar surface area (TPSA) is 83.7 Å². The Bertz CT molecular complexity index is 554. The Kier molecular flexibility index (Phi) is 4.80. The van der Waals surface area contributed by atoms with Crippen LogP contribution < -0.4 is 0 Å². The van der Waals surface area contributed by atoms with E-state index in [4.69, 9.17) is 11.6 Å². The third-order valence-corrected chi connectivity index (χ3v) is 4.23. The third kappa shape index (κ3) is 3.51. The van der Waals surface area contributed by atoms with Crippen molar-refractivity contribution < 1.29 is 14.8 Å². The zero-order valence-corrected chi connectivity index (χ0v) is 12.4. The number of nitrogens with zero attached hydrogens (tertiary/aromatic N) is 2. The summed E-state index contributed by atoms with van der Waals surface area (Å²) in [4.78, 5) is 24.3. The average molecular weight is 313 g/mol. The number of carbonyl (C=O) groups excluding carboxylic acids is 1. The van der Waals surface area contributed by atoms with Crippen molar-refractivity contribution in [3.8, 4) is 0 Å². The van der Waals surface area contributed by atoms with Crippen molar-refractivity contribution in [1.29, 1.82) is 0 Å². The van der Waals surface area contributed by atoms with E-state index in [9.17, 15) is 20.0 Å². The first-order valence-corrected chi connectivity index (χ1v) is 7.19. The Hall–Kier alpha value is -1.66. The summed E-state index contributed by atoms with van der Waals surface area (Å²) in [6.07, 6.45) is 1.05. The molecule has 1 fully saturated rings. The molecule has 0 saturated carbocycles. The van der Waals surface area contributed by atoms with Gasteiger partial charge >= 0.3 is 0 Å². The van der Waals surface area contributed by atoms with Crippen LogP contribution in [0.5, 0.6) is 0 Å². The molecule has 21 heavy (non-hydrogen) atoms. The summed E-state index contributed by atoms with van der Waals surface area (Å²) in [6, 6.07) is 3.86. The normalized spacial score (nSPS) is 17.6. The second-order valence-corrected chi connectivity index (χ2v) is 5.70. The van der Waals surface area contributed by atoms with Gasteiger partial charge in [-0.25, -0.2) is 0 Å². The molecule has 1 saturated heterocycles. The highest BCUT2D eigenvalue weighted by Crippen LogP contribution is 2.26. The lowest BCUT2D eigenvalue weighted by molar-refractivity contribution is -0.384. The fourth-order valence-corrected chi connectivity index (χ4v) is 2.74. The van der Waals surface area contributed by atoms with Gasteiger partial charge in [-0.05, 0) is 31.7 Å². The minimum atomic E-state index is -0.549. The summed E-state index contributed by atoms with van der Waals surface area (Å²) in [7, 11) is 0. The second kappa shape index (κ2) is 6.41. The molecule has 1 aromatic carbocycles. The highest BCUT2D eigenvalue weighted by molar-refractivity contribution is 6.33. The molecule has 0 radical (unpaired) electrons. The summed E-state index contributed by atoms with van der Waals surface area (Å²) < 4.78 is 0. The van der Waals surface area contributed by atoms with E-state index >= 15 is 0 Å². The molecule has 1 aliphatic rings. The summed E-state index contributed by atoms with van der Waals surface area (Å²) in [5.41, 5.74) is 0.00276. The van der Waals surface area contributed by atoms with Gasteiger partial charge in [-0.3, -0.25) is 14.9 Å². The van der Waals surface area contributed by atoms with E-state index in [1.54, 1.807) is 11.8 Å². The van der Waals surface area contributed by atoms with E-state index in [1.807, 2.05) is 0 Å². The summed E-state index contributed by atoms with van der Waals surface area (Å²) in [6.45, 7) is 2.79. The third-order valence-electron chi connectivity index (χ3n) is 3.90. The minimum Gasteiger partial charge on any atom is -0.393 e. The van der Waals surface area contributed by atoms with Crippen LogP contribution in [0.25, 0.3) is 0 Å². The van der Waals surface area contributed by atoms with E-state index < -0.39 is 4.92 Å². The maximum absolute atomic E-state index is 12.4. The minimum absolute atomic E-state index is 0.151. The van der Waals surface area contributed by atoms with E-state index in [0.717, 1.165) is 12.8 Å². The number of benzene rings is 1. The number of aliphatic hydroxyl groups is 1. The van der Waals surface area contributed by atoms with Crippen LogP contribution in [-0.2, 0) is 0 Å². The lowest BCUT2D eigenvalue weighted by Crippen LogP contribution is -2.40. The number of non-ortho nitro benzene ring substituents is 1. The van der Waals surface area contributed by atoms with Crippen LogP contribution in [0.2, 0.25) is 5.02 Å². The van der Waals surface area contributed by atoms with Crippen molar-refractivity contribution in [2.75, 3.05) is 13.1 Å². The molecule has 0 bridgehead atoms. The molecular formula is C14H17ClN2O4. The van der Waals surface area contributed by atoms with Gasteiger partial charge in [-0.1, -0.05) is 11.6 Å². The predicted octanol–water partition coefficient (Wildman–Crippen LogP) is 2.48. The molecule has 7 heteroatoms. The maximum atomic E-state index is 12.4. The van der Waals surface area contributed by atoms with Gasteiger partial charge in [0.15, 0.2) is 0 Å². The Morgan fingerprint density at radius 3 is 2.62 bits per heavy atom. The number of likely N-dealkylation sites (tertiary alicyclic amines) is 1. The molecule has 1 amide bonds. The van der Waals surface area contributed by atoms with Crippen LogP contribution in [0, 0.1) is 16.0 Å². The van der Waals surface area contributed by atoms with Crippen LogP contribution in [0.15, 0.2) is 18.2 Å². The van der Waals surface area contributed by atoms with Crippen LogP contribution in [0.4, 0.5) is 5.69 Å². The van der Waals surface area contributed by atoms with Crippen molar-refractivity contribution in [3.63, 3.8) is 0 Å². The zero-order valence-electron chi connectivity index (χ0n) is 11.7. The predicted molar refractivity (Wildman–Crippen MR) is 78.4 cm³/mol. The molecule has 1 heterocycles. The van der Waals surface area contributed by atoms with Crippen molar-refractivity contribution in [1.82, 2.24) is 4.90 Å². The number of rotatable bonds is 3. The van der Waals surface area contributed by atoms with Crippen LogP contribution >= 0.6 is 11.6 Å². The Balaban J connectivity index is 2.14. The van der Waals surface area contributed by atoms with E-state index in [0.29, 0.717) is 13.1 Å². The lowest BCUT2D eigenvalue weighted by Gasteiger charge is -2.33. The Labute approximate surface area is 127 Å². The second-order valence-electron chi connectivity index (χ2n) is 5.29. The van der Waals surface area contributed by atoms with Gasteiger partial charge < -0.3 is 10.0 Å². The number of nitro groups is 1. The van der Waals surface area contributed by atoms with Crippen LogP contribution in [0.1, 0.15) is 30.1 Å². The highest BCUT2D eigenvalue weighted by atomic mass is 35.5. The van der Waals surface area contributed by atoms with Crippen molar-refractivity contribution in [2.45, 2.75) is 25.9 Å². The fraction of sp³-hybridized carbons (Fsp3) is 0.500. The van der Waals surface area contributed by atoms with Gasteiger partial charge in [0.25, 0.3) is 11.6 Å². The molecule has 114 valence electrons. The molecule has 1 N–H and O–H groups in total. The maximum Gasteiger partial charge on any atom is 0.270 e. The number of carbonyl (C=O) groups is 1. The van der Waals surface area contributed by atoms with E-state index in [2.05, 4.69) is 0 Å². The Morgan fingerprint density at radius 1 is 1.48 bits per heavy atom. The number of hydrogen-bond acceptors (Lipinski definition) is 4. The molecular weight excluding hydrogens is 296 g/mol. The van der Waals surface area contributed by atoms with Gasteiger partial charge in [0, 0.05) is 25.2 Å². The number of amides is 1. The van der Waals surface area contributed by atoms with Crippen LogP contribution in [0.3, 0.4) is 0 Å². The lowest BCUT2D eigenvalue weighted by atomic mass is 9.92. The fourth-order valence-electron chi connectivity index (χ4n) is 2.55. The quantitative estimate of drug-likeness (QED) is 0.686. The standard InChI is InChI=1S/C14H17ClN2O4/c1-9(18)10-4-6-16(7-5-10)14(19)12-8-11(17(20)21)2-3-13(12)15/h2-3,8-10,18H,4-7H2,1H3. The van der Waals surface area contributed by atoms with Crippen LogP contribution in [-0.4, -0.2) is 40.0 Å². The average Bonchev–Trinajstić information content (AvgIpc) is 2.47. The van der Waals surface area contributed by atoms with Crippen molar-refractivity contribution >= 4 is 23.2 Å². The summed E-state index contributed by atoms with van der Waals surface area (Å²) in [5, 5.41) is 20.6. The van der Waals surface area contributed by atoms with Gasteiger partial charge in [-0.15, -0.1) is 0 Å². The smallest absolute Gasteiger partial charge is 0.270 e. The molecule has 1 aliphatic heterocycles. The SMILES string of the molecule is CC(O)C1CCN(C(=O)c2cc([N+](=O)[O-])ccc2Cl)CC1. The first kappa shape index (κ1) is 15.7. The molecule has 0 aromatic heterocycles.